The Bertz CT molecular complexity index is 2080. The number of methoxy groups -OCH3 is 1. The Kier molecular flexibility index (Phi) is 10.1. The first-order valence-corrected chi connectivity index (χ1v) is 22.0. The van der Waals surface area contributed by atoms with Crippen molar-refractivity contribution in [1.82, 2.24) is 19.9 Å². The number of sulfonamides is 1. The van der Waals surface area contributed by atoms with Gasteiger partial charge in [0.2, 0.25) is 21.8 Å². The number of hydrogen-bond acceptors (Lipinski definition) is 10. The maximum absolute atomic E-state index is 14.8. The maximum Gasteiger partial charge on any atom is 0.306 e. The van der Waals surface area contributed by atoms with Gasteiger partial charge in [-0.1, -0.05) is 31.9 Å². The van der Waals surface area contributed by atoms with E-state index in [0.717, 1.165) is 54.3 Å². The number of pyridine rings is 1. The largest absolute Gasteiger partial charge is 0.497 e. The molecule has 1 spiro atoms. The van der Waals surface area contributed by atoms with Gasteiger partial charge in [-0.3, -0.25) is 23.9 Å². The minimum absolute atomic E-state index is 0.102. The van der Waals surface area contributed by atoms with Crippen LogP contribution in [-0.2, 0) is 40.4 Å². The molecular weight excluding hydrogens is 737 g/mol. The fourth-order valence-electron chi connectivity index (χ4n) is 8.90. The van der Waals surface area contributed by atoms with Crippen molar-refractivity contribution in [3.05, 3.63) is 41.6 Å². The lowest BCUT2D eigenvalue weighted by molar-refractivity contribution is -0.150. The van der Waals surface area contributed by atoms with E-state index in [-0.39, 0.29) is 44.2 Å². The Morgan fingerprint density at radius 3 is 2.62 bits per heavy atom. The quantitative estimate of drug-likeness (QED) is 0.256. The van der Waals surface area contributed by atoms with Crippen LogP contribution in [0.5, 0.6) is 11.5 Å². The van der Waals surface area contributed by atoms with Crippen LogP contribution in [0.1, 0.15) is 121 Å². The van der Waals surface area contributed by atoms with Crippen molar-refractivity contribution in [3.8, 4) is 11.5 Å². The van der Waals surface area contributed by atoms with Crippen LogP contribution in [-0.4, -0.2) is 84.2 Å². The summed E-state index contributed by atoms with van der Waals surface area (Å²) in [7, 11) is -2.35. The predicted octanol–water partition coefficient (Wildman–Crippen LogP) is 5.14. The SMILES string of the molecule is CCCOC(=O)C[C@H]1CCCCC/C=C\[C@@H]2C[C@@]2(C(=O)NS(=O)(=O)C2(C)CC2)NC(=O)[C@@H]2C[C@]3(CCc4c(c(C5CC5)nc5ccc(OC)cc45)O3)CN2C1=O. The number of carbonyl (C=O) groups excluding carboxylic acids is 4. The number of hydrogen-bond donors (Lipinski definition) is 2. The summed E-state index contributed by atoms with van der Waals surface area (Å²) in [6.45, 7) is 3.89. The van der Waals surface area contributed by atoms with Crippen LogP contribution in [0.15, 0.2) is 30.4 Å². The number of carbonyl (C=O) groups is 4. The van der Waals surface area contributed by atoms with Crippen molar-refractivity contribution in [3.63, 3.8) is 0 Å². The first-order chi connectivity index (χ1) is 26.8. The van der Waals surface area contributed by atoms with E-state index < -0.39 is 61.6 Å². The zero-order valence-corrected chi connectivity index (χ0v) is 33.5. The van der Waals surface area contributed by atoms with Gasteiger partial charge in [0.05, 0.1) is 42.6 Å². The number of fused-ring (bicyclic) bond motifs is 5. The van der Waals surface area contributed by atoms with Crippen LogP contribution in [0.25, 0.3) is 10.9 Å². The third-order valence-corrected chi connectivity index (χ3v) is 15.2. The van der Waals surface area contributed by atoms with Crippen molar-refractivity contribution in [2.45, 2.75) is 138 Å². The topological polar surface area (TPSA) is 170 Å². The highest BCUT2D eigenvalue weighted by Gasteiger charge is 2.64. The average Bonchev–Trinajstić information content (AvgIpc) is 4.12. The number of rotatable bonds is 9. The van der Waals surface area contributed by atoms with Gasteiger partial charge < -0.3 is 24.4 Å². The van der Waals surface area contributed by atoms with E-state index in [0.29, 0.717) is 56.4 Å². The molecule has 0 radical (unpaired) electrons. The van der Waals surface area contributed by atoms with Gasteiger partial charge in [0.25, 0.3) is 5.91 Å². The first-order valence-electron chi connectivity index (χ1n) is 20.5. The van der Waals surface area contributed by atoms with Gasteiger partial charge >= 0.3 is 5.97 Å². The summed E-state index contributed by atoms with van der Waals surface area (Å²) in [6.07, 6.45) is 12.5. The first kappa shape index (κ1) is 38.7. The van der Waals surface area contributed by atoms with Crippen LogP contribution in [0, 0.1) is 11.8 Å². The number of aromatic nitrogens is 1. The van der Waals surface area contributed by atoms with Gasteiger partial charge in [0.1, 0.15) is 28.7 Å². The molecule has 3 aliphatic carbocycles. The molecule has 1 aromatic carbocycles. The number of aryl methyl sites for hydroxylation is 1. The summed E-state index contributed by atoms with van der Waals surface area (Å²) in [5, 5.41) is 3.94. The summed E-state index contributed by atoms with van der Waals surface area (Å²) in [5.74, 6) is -1.52. The Balaban J connectivity index is 1.15. The summed E-state index contributed by atoms with van der Waals surface area (Å²) < 4.78 is 45.9. The second kappa shape index (κ2) is 14.6. The number of allylic oxidation sites excluding steroid dienone is 1. The second-order valence-electron chi connectivity index (χ2n) is 17.3. The van der Waals surface area contributed by atoms with Gasteiger partial charge in [-0.25, -0.2) is 13.4 Å². The lowest BCUT2D eigenvalue weighted by Gasteiger charge is -2.37. The fraction of sp³-hybridized carbons (Fsp3) is 0.643. The molecule has 1 aromatic heterocycles. The fourth-order valence-corrected chi connectivity index (χ4v) is 10.2. The van der Waals surface area contributed by atoms with Crippen LogP contribution in [0.4, 0.5) is 0 Å². The molecule has 14 heteroatoms. The molecule has 4 fully saturated rings. The molecule has 8 rings (SSSR count). The molecule has 302 valence electrons. The van der Waals surface area contributed by atoms with E-state index in [1.807, 2.05) is 37.3 Å². The molecule has 3 saturated carbocycles. The predicted molar refractivity (Wildman–Crippen MR) is 207 cm³/mol. The summed E-state index contributed by atoms with van der Waals surface area (Å²) in [6, 6.07) is 4.81. The lowest BCUT2D eigenvalue weighted by atomic mass is 9.86. The molecule has 13 nitrogen and oxygen atoms in total. The Morgan fingerprint density at radius 1 is 1.09 bits per heavy atom. The molecule has 5 atom stereocenters. The lowest BCUT2D eigenvalue weighted by Crippen LogP contribution is -2.57. The molecule has 3 amide bonds. The van der Waals surface area contributed by atoms with Gasteiger partial charge in [-0.15, -0.1) is 0 Å². The second-order valence-corrected chi connectivity index (χ2v) is 19.5. The number of benzene rings is 1. The van der Waals surface area contributed by atoms with Crippen molar-refractivity contribution in [2.24, 2.45) is 11.8 Å². The summed E-state index contributed by atoms with van der Waals surface area (Å²) in [5.41, 5.74) is 0.366. The van der Waals surface area contributed by atoms with Gasteiger partial charge in [0.15, 0.2) is 0 Å². The van der Waals surface area contributed by atoms with Crippen molar-refractivity contribution in [1.29, 1.82) is 0 Å². The van der Waals surface area contributed by atoms with Crippen molar-refractivity contribution in [2.75, 3.05) is 20.3 Å². The smallest absolute Gasteiger partial charge is 0.306 e. The number of esters is 1. The molecular formula is C42H54N4O9S. The van der Waals surface area contributed by atoms with Gasteiger partial charge in [-0.2, -0.15) is 0 Å². The highest BCUT2D eigenvalue weighted by Crippen LogP contribution is 2.52. The zero-order chi connectivity index (χ0) is 39.5. The molecule has 2 N–H and O–H groups in total. The monoisotopic (exact) mass is 790 g/mol. The van der Waals surface area contributed by atoms with Crippen LogP contribution >= 0.6 is 0 Å². The molecule has 1 saturated heterocycles. The van der Waals surface area contributed by atoms with E-state index >= 15 is 0 Å². The molecule has 6 aliphatic rings. The molecule has 0 unspecified atom stereocenters. The van der Waals surface area contributed by atoms with Crippen LogP contribution in [0.2, 0.25) is 0 Å². The summed E-state index contributed by atoms with van der Waals surface area (Å²) >= 11 is 0. The normalized spacial score (nSPS) is 30.4. The number of nitrogens with zero attached hydrogens (tertiary/aromatic N) is 2. The van der Waals surface area contributed by atoms with Crippen molar-refractivity contribution >= 4 is 44.6 Å². The molecule has 56 heavy (non-hydrogen) atoms. The Labute approximate surface area is 328 Å². The van der Waals surface area contributed by atoms with Crippen LogP contribution < -0.4 is 19.5 Å². The average molecular weight is 791 g/mol. The summed E-state index contributed by atoms with van der Waals surface area (Å²) in [4.78, 5) is 63.2. The third kappa shape index (κ3) is 7.26. The maximum atomic E-state index is 14.8. The number of nitrogens with one attached hydrogen (secondary N) is 2. The minimum atomic E-state index is -3.98. The van der Waals surface area contributed by atoms with Crippen LogP contribution in [0.3, 0.4) is 0 Å². The van der Waals surface area contributed by atoms with E-state index in [1.54, 1.807) is 18.9 Å². The third-order valence-electron chi connectivity index (χ3n) is 13.0. The highest BCUT2D eigenvalue weighted by atomic mass is 32.2. The Hall–Kier alpha value is -4.20. The molecule has 0 bridgehead atoms. The molecule has 3 aliphatic heterocycles. The zero-order valence-electron chi connectivity index (χ0n) is 32.7. The van der Waals surface area contributed by atoms with Gasteiger partial charge in [0, 0.05) is 35.1 Å². The minimum Gasteiger partial charge on any atom is -0.497 e. The van der Waals surface area contributed by atoms with E-state index in [4.69, 9.17) is 19.2 Å². The molecule has 2 aromatic rings. The van der Waals surface area contributed by atoms with Gasteiger partial charge in [-0.05, 0) is 95.8 Å². The Morgan fingerprint density at radius 2 is 1.89 bits per heavy atom. The van der Waals surface area contributed by atoms with E-state index in [1.165, 1.54) is 0 Å². The standard InChI is InChI=1S/C42H54N4O9S/c1-4-20-54-34(47)21-27-10-8-6-5-7-9-11-28-23-42(28,39(50)45-56(51,52)40(2)18-19-40)44-37(48)33-24-41(25-46(33)38(27)49)17-16-30-31-22-29(53-3)14-15-32(31)43-35(26-12-13-26)36(30)55-41/h9,11,14-15,22,26-28,33H,4-8,10,12-13,16-21,23-25H2,1-3H3,(H,44,48)(H,45,50)/b11-9-/t27-,28-,33+,41-,42-/m1/s1. The van der Waals surface area contributed by atoms with E-state index in [9.17, 15) is 27.6 Å². The highest BCUT2D eigenvalue weighted by molar-refractivity contribution is 7.91. The van der Waals surface area contributed by atoms with E-state index in [2.05, 4.69) is 10.0 Å². The van der Waals surface area contributed by atoms with Crippen molar-refractivity contribution < 1.29 is 41.8 Å². The number of amides is 3. The number of ether oxygens (including phenoxy) is 3. The molecule has 4 heterocycles.